The summed E-state index contributed by atoms with van der Waals surface area (Å²) in [5.74, 6) is 0.951. The van der Waals surface area contributed by atoms with Crippen LogP contribution in [0.2, 0.25) is 0 Å². The Labute approximate surface area is 122 Å². The van der Waals surface area contributed by atoms with Crippen molar-refractivity contribution in [3.63, 3.8) is 0 Å². The van der Waals surface area contributed by atoms with Gasteiger partial charge in [-0.05, 0) is 31.6 Å². The number of hydrogen-bond donors (Lipinski definition) is 1. The van der Waals surface area contributed by atoms with Crippen LogP contribution in [0.4, 0.5) is 5.95 Å². The summed E-state index contributed by atoms with van der Waals surface area (Å²) in [6, 6.07) is 0.468. The summed E-state index contributed by atoms with van der Waals surface area (Å²) < 4.78 is 2.16. The zero-order chi connectivity index (χ0) is 14.1. The first kappa shape index (κ1) is 13.7. The van der Waals surface area contributed by atoms with E-state index in [2.05, 4.69) is 26.6 Å². The third kappa shape index (κ3) is 2.92. The molecule has 7 heteroatoms. The second-order valence-electron chi connectivity index (χ2n) is 5.74. The van der Waals surface area contributed by atoms with Crippen LogP contribution in [0.15, 0.2) is 5.16 Å². The molecule has 0 bridgehead atoms. The molecule has 20 heavy (non-hydrogen) atoms. The lowest BCUT2D eigenvalue weighted by molar-refractivity contribution is -0.133. The Morgan fingerprint density at radius 1 is 1.30 bits per heavy atom. The van der Waals surface area contributed by atoms with Gasteiger partial charge in [0.25, 0.3) is 0 Å². The number of carboxylic acid groups (broad SMARTS) is 1. The number of rotatable bonds is 5. The number of aromatic nitrogens is 3. The normalized spacial score (nSPS) is 20.4. The van der Waals surface area contributed by atoms with Gasteiger partial charge in [0.2, 0.25) is 5.95 Å². The van der Waals surface area contributed by atoms with Crippen LogP contribution in [0.1, 0.15) is 38.6 Å². The lowest BCUT2D eigenvalue weighted by Gasteiger charge is -2.31. The fourth-order valence-electron chi connectivity index (χ4n) is 2.57. The number of nitrogens with zero attached hydrogens (tertiary/aromatic N) is 4. The van der Waals surface area contributed by atoms with E-state index in [9.17, 15) is 4.79 Å². The van der Waals surface area contributed by atoms with E-state index < -0.39 is 5.97 Å². The SMILES string of the molecule is CC1CCN(c2nnc(SCC(=O)O)n2C2CC2)CC1. The highest BCUT2D eigenvalue weighted by molar-refractivity contribution is 7.99. The average molecular weight is 296 g/mol. The van der Waals surface area contributed by atoms with Crippen LogP contribution in [0, 0.1) is 5.92 Å². The third-order valence-corrected chi connectivity index (χ3v) is 4.88. The van der Waals surface area contributed by atoms with Crippen LogP contribution in [0.25, 0.3) is 0 Å². The van der Waals surface area contributed by atoms with Crippen molar-refractivity contribution in [3.8, 4) is 0 Å². The summed E-state index contributed by atoms with van der Waals surface area (Å²) >= 11 is 1.27. The number of anilines is 1. The zero-order valence-corrected chi connectivity index (χ0v) is 12.5. The lowest BCUT2D eigenvalue weighted by atomic mass is 10.00. The molecule has 1 aromatic rings. The highest BCUT2D eigenvalue weighted by atomic mass is 32.2. The van der Waals surface area contributed by atoms with Crippen LogP contribution in [0.3, 0.4) is 0 Å². The molecule has 0 spiro atoms. The third-order valence-electron chi connectivity index (χ3n) is 3.95. The minimum Gasteiger partial charge on any atom is -0.481 e. The molecule has 110 valence electrons. The number of carboxylic acids is 1. The maximum absolute atomic E-state index is 10.7. The van der Waals surface area contributed by atoms with Crippen molar-refractivity contribution in [3.05, 3.63) is 0 Å². The van der Waals surface area contributed by atoms with Crippen molar-refractivity contribution >= 4 is 23.7 Å². The highest BCUT2D eigenvalue weighted by Gasteiger charge is 2.32. The van der Waals surface area contributed by atoms with E-state index in [0.29, 0.717) is 6.04 Å². The van der Waals surface area contributed by atoms with Crippen LogP contribution in [-0.4, -0.2) is 44.7 Å². The van der Waals surface area contributed by atoms with Crippen LogP contribution in [-0.2, 0) is 4.79 Å². The van der Waals surface area contributed by atoms with Crippen molar-refractivity contribution in [1.82, 2.24) is 14.8 Å². The molecule has 6 nitrogen and oxygen atoms in total. The van der Waals surface area contributed by atoms with Gasteiger partial charge in [0.15, 0.2) is 5.16 Å². The van der Waals surface area contributed by atoms with Crippen molar-refractivity contribution in [1.29, 1.82) is 0 Å². The zero-order valence-electron chi connectivity index (χ0n) is 11.7. The average Bonchev–Trinajstić information content (AvgIpc) is 3.17. The molecular formula is C13H20N4O2S. The fraction of sp³-hybridized carbons (Fsp3) is 0.769. The van der Waals surface area contributed by atoms with Crippen LogP contribution in [0.5, 0.6) is 0 Å². The number of thioether (sulfide) groups is 1. The maximum Gasteiger partial charge on any atom is 0.313 e. The molecule has 2 aliphatic rings. The minimum absolute atomic E-state index is 0.0435. The van der Waals surface area contributed by atoms with Gasteiger partial charge in [0.05, 0.1) is 5.75 Å². The monoisotopic (exact) mass is 296 g/mol. The molecule has 1 saturated carbocycles. The van der Waals surface area contributed by atoms with Gasteiger partial charge < -0.3 is 10.0 Å². The predicted octanol–water partition coefficient (Wildman–Crippen LogP) is 2.03. The van der Waals surface area contributed by atoms with E-state index in [1.807, 2.05) is 0 Å². The highest BCUT2D eigenvalue weighted by Crippen LogP contribution is 2.41. The molecular weight excluding hydrogens is 276 g/mol. The number of carbonyl (C=O) groups is 1. The first-order chi connectivity index (χ1) is 9.65. The molecule has 1 N–H and O–H groups in total. The fourth-order valence-corrected chi connectivity index (χ4v) is 3.29. The van der Waals surface area contributed by atoms with E-state index in [-0.39, 0.29) is 5.75 Å². The van der Waals surface area contributed by atoms with Crippen molar-refractivity contribution < 1.29 is 9.90 Å². The first-order valence-electron chi connectivity index (χ1n) is 7.19. The molecule has 0 atom stereocenters. The molecule has 0 unspecified atom stereocenters. The number of piperidine rings is 1. The smallest absolute Gasteiger partial charge is 0.313 e. The molecule has 1 saturated heterocycles. The Morgan fingerprint density at radius 3 is 2.60 bits per heavy atom. The second-order valence-corrected chi connectivity index (χ2v) is 6.68. The Kier molecular flexibility index (Phi) is 3.87. The molecule has 1 aromatic heterocycles. The Hall–Kier alpha value is -1.24. The summed E-state index contributed by atoms with van der Waals surface area (Å²) in [6.45, 7) is 4.34. The summed E-state index contributed by atoms with van der Waals surface area (Å²) in [6.07, 6.45) is 4.68. The molecule has 3 rings (SSSR count). The van der Waals surface area contributed by atoms with E-state index in [0.717, 1.165) is 43.0 Å². The molecule has 2 fully saturated rings. The van der Waals surface area contributed by atoms with Gasteiger partial charge in [0, 0.05) is 19.1 Å². The van der Waals surface area contributed by atoms with Gasteiger partial charge in [-0.25, -0.2) is 0 Å². The van der Waals surface area contributed by atoms with Crippen molar-refractivity contribution in [2.24, 2.45) is 5.92 Å². The van der Waals surface area contributed by atoms with Crippen LogP contribution < -0.4 is 4.90 Å². The quantitative estimate of drug-likeness (QED) is 0.838. The molecule has 0 amide bonds. The van der Waals surface area contributed by atoms with E-state index in [1.54, 1.807) is 0 Å². The van der Waals surface area contributed by atoms with Gasteiger partial charge >= 0.3 is 5.97 Å². The lowest BCUT2D eigenvalue weighted by Crippen LogP contribution is -2.34. The minimum atomic E-state index is -0.811. The van der Waals surface area contributed by atoms with E-state index in [4.69, 9.17) is 5.11 Å². The molecule has 1 aliphatic heterocycles. The molecule has 0 radical (unpaired) electrons. The van der Waals surface area contributed by atoms with E-state index >= 15 is 0 Å². The Bertz CT molecular complexity index is 493. The summed E-state index contributed by atoms with van der Waals surface area (Å²) in [4.78, 5) is 13.0. The largest absolute Gasteiger partial charge is 0.481 e. The standard InChI is InChI=1S/C13H20N4O2S/c1-9-4-6-16(7-5-9)12-14-15-13(20-8-11(18)19)17(12)10-2-3-10/h9-10H,2-8H2,1H3,(H,18,19). The Morgan fingerprint density at radius 2 is 2.00 bits per heavy atom. The van der Waals surface area contributed by atoms with Gasteiger partial charge in [0.1, 0.15) is 0 Å². The number of aliphatic carboxylic acids is 1. The summed E-state index contributed by atoms with van der Waals surface area (Å²) in [7, 11) is 0. The molecule has 1 aliphatic carbocycles. The van der Waals surface area contributed by atoms with Gasteiger partial charge in [-0.3, -0.25) is 9.36 Å². The van der Waals surface area contributed by atoms with Crippen molar-refractivity contribution in [2.75, 3.05) is 23.7 Å². The van der Waals surface area contributed by atoms with Gasteiger partial charge in [-0.1, -0.05) is 18.7 Å². The predicted molar refractivity (Wildman–Crippen MR) is 77.3 cm³/mol. The van der Waals surface area contributed by atoms with Crippen LogP contribution >= 0.6 is 11.8 Å². The maximum atomic E-state index is 10.7. The topological polar surface area (TPSA) is 71.2 Å². The first-order valence-corrected chi connectivity index (χ1v) is 8.18. The number of hydrogen-bond acceptors (Lipinski definition) is 5. The van der Waals surface area contributed by atoms with Gasteiger partial charge in [-0.15, -0.1) is 10.2 Å². The van der Waals surface area contributed by atoms with E-state index in [1.165, 1.54) is 24.6 Å². The Balaban J connectivity index is 1.78. The van der Waals surface area contributed by atoms with Gasteiger partial charge in [-0.2, -0.15) is 0 Å². The molecule has 0 aromatic carbocycles. The molecule has 2 heterocycles. The second kappa shape index (κ2) is 5.63. The summed E-state index contributed by atoms with van der Waals surface area (Å²) in [5.41, 5.74) is 0. The summed E-state index contributed by atoms with van der Waals surface area (Å²) in [5, 5.41) is 18.1. The van der Waals surface area contributed by atoms with Crippen molar-refractivity contribution in [2.45, 2.75) is 43.8 Å².